The van der Waals surface area contributed by atoms with Gasteiger partial charge in [-0.25, -0.2) is 44.9 Å². The first kappa shape index (κ1) is 91.1. The second kappa shape index (κ2) is 41.3. The van der Waals surface area contributed by atoms with E-state index in [1.165, 1.54) is 66.2 Å². The summed E-state index contributed by atoms with van der Waals surface area (Å²) < 4.78 is 0. The summed E-state index contributed by atoms with van der Waals surface area (Å²) in [5.74, 6) is 2.02. The lowest BCUT2D eigenvalue weighted by atomic mass is 9.91. The molecule has 0 radical (unpaired) electrons. The first-order valence-electron chi connectivity index (χ1n) is 50.6. The van der Waals surface area contributed by atoms with Gasteiger partial charge in [0.25, 0.3) is 0 Å². The number of rotatable bonds is 18. The summed E-state index contributed by atoms with van der Waals surface area (Å²) in [4.78, 5) is 47.5. The lowest BCUT2D eigenvalue weighted by Crippen LogP contribution is -1.98. The van der Waals surface area contributed by atoms with Gasteiger partial charge in [-0.2, -0.15) is 0 Å². The largest absolute Gasteiger partial charge is 0.246 e. The smallest absolute Gasteiger partial charge is 0.160 e. The maximum atomic E-state index is 5.52. The molecule has 27 aromatic rings. The van der Waals surface area contributed by atoms with Crippen molar-refractivity contribution in [3.8, 4) is 202 Å². The van der Waals surface area contributed by atoms with E-state index in [9.17, 15) is 0 Å². The molecule has 0 N–H and O–H groups in total. The van der Waals surface area contributed by atoms with Crippen molar-refractivity contribution in [1.82, 2.24) is 44.9 Å². The quantitative estimate of drug-likeness (QED) is 0.0774. The normalized spacial score (nSPS) is 11.2. The molecule has 0 spiro atoms. The maximum Gasteiger partial charge on any atom is 0.160 e. The molecule has 9 heteroatoms. The number of pyridine rings is 3. The predicted molar refractivity (Wildman–Crippen MR) is 622 cm³/mol. The lowest BCUT2D eigenvalue weighted by molar-refractivity contribution is 1.18. The predicted octanol–water partition coefficient (Wildman–Crippen LogP) is 36.5. The number of nitrogens with zero attached hydrogens (tertiary/aromatic N) is 9. The van der Waals surface area contributed by atoms with Gasteiger partial charge in [0.1, 0.15) is 0 Å². The van der Waals surface area contributed by atoms with E-state index in [1.54, 1.807) is 0 Å². The van der Waals surface area contributed by atoms with Crippen LogP contribution in [0.1, 0.15) is 0 Å². The highest BCUT2D eigenvalue weighted by atomic mass is 14.9. The number of hydrogen-bond acceptors (Lipinski definition) is 9. The van der Waals surface area contributed by atoms with E-state index in [1.807, 2.05) is 84.9 Å². The standard InChI is InChI=1S/C53H35N3.C47H31N3.C41H27N3/c1-5-15-36(16-6-1)38-27-31-41(32-28-38)48-35-49(55-53(54-48)43-33-29-39(30-34-43)37-17-7-2-8-18-37)45-24-14-26-47-50-44(40-19-9-3-10-20-40)23-13-25-46(50)51(56-52(45)47)42-21-11-4-12-22-42;1-5-15-32(16-6-1)33-27-29-37(30-28-33)47-48-42(35-19-9-3-10-20-35)31-43(49-47)39-24-14-26-41-44-38(34-17-7-2-8-18-34)23-13-25-40(44)45(50-46(39)41)36-21-11-4-12-22-36;1-5-15-28(16-6-1)32-23-13-25-34-38(32)35-26-14-24-33(40(35)44-39(34)30-19-9-3-10-20-30)37-27-36(29-17-7-2-8-18-29)42-41(43-37)31-21-11-4-12-22-31/h1-35H;1-31H;1-27H. The Kier molecular flexibility index (Phi) is 25.1. The Labute approximate surface area is 870 Å². The molecule has 0 unspecified atom stereocenters. The number of aromatic nitrogens is 9. The van der Waals surface area contributed by atoms with Crippen molar-refractivity contribution in [1.29, 1.82) is 0 Å². The molecule has 0 aliphatic carbocycles. The zero-order chi connectivity index (χ0) is 99.8. The van der Waals surface area contributed by atoms with Crippen molar-refractivity contribution < 1.29 is 0 Å². The molecular formula is C141H93N9. The maximum absolute atomic E-state index is 5.52. The van der Waals surface area contributed by atoms with Crippen LogP contribution >= 0.6 is 0 Å². The van der Waals surface area contributed by atoms with E-state index >= 15 is 0 Å². The minimum absolute atomic E-state index is 0.662. The lowest BCUT2D eigenvalue weighted by Gasteiger charge is -2.16. The van der Waals surface area contributed by atoms with Crippen LogP contribution in [-0.4, -0.2) is 44.9 Å². The molecule has 6 aromatic heterocycles. The van der Waals surface area contributed by atoms with Crippen LogP contribution in [0.5, 0.6) is 0 Å². The van der Waals surface area contributed by atoms with Crippen LogP contribution < -0.4 is 0 Å². The molecule has 0 bridgehead atoms. The Hall–Kier alpha value is -20.1. The molecule has 702 valence electrons. The fourth-order valence-electron chi connectivity index (χ4n) is 20.6. The summed E-state index contributed by atoms with van der Waals surface area (Å²) in [6.45, 7) is 0. The minimum Gasteiger partial charge on any atom is -0.246 e. The van der Waals surface area contributed by atoms with Crippen LogP contribution in [0.2, 0.25) is 0 Å². The molecule has 9 nitrogen and oxygen atoms in total. The summed E-state index contributed by atoms with van der Waals surface area (Å²) in [6.07, 6.45) is 0. The van der Waals surface area contributed by atoms with Crippen molar-refractivity contribution in [3.05, 3.63) is 564 Å². The van der Waals surface area contributed by atoms with Gasteiger partial charge in [0.05, 0.1) is 67.8 Å². The third-order valence-corrected chi connectivity index (χ3v) is 27.9. The van der Waals surface area contributed by atoms with E-state index in [4.69, 9.17) is 44.9 Å². The molecule has 150 heavy (non-hydrogen) atoms. The fraction of sp³-hybridized carbons (Fsp3) is 0. The molecule has 0 aliphatic rings. The van der Waals surface area contributed by atoms with E-state index in [0.717, 1.165) is 184 Å². The van der Waals surface area contributed by atoms with Crippen LogP contribution in [0, 0.1) is 0 Å². The zero-order valence-corrected chi connectivity index (χ0v) is 81.7. The molecular weight excluding hydrogens is 1820 g/mol. The highest BCUT2D eigenvalue weighted by Crippen LogP contribution is 2.48. The van der Waals surface area contributed by atoms with Gasteiger partial charge in [0, 0.05) is 115 Å². The Morgan fingerprint density at radius 2 is 0.267 bits per heavy atom. The van der Waals surface area contributed by atoms with E-state index in [0.29, 0.717) is 17.5 Å². The van der Waals surface area contributed by atoms with Gasteiger partial charge in [-0.3, -0.25) is 0 Å². The van der Waals surface area contributed by atoms with Crippen LogP contribution in [0.25, 0.3) is 267 Å². The van der Waals surface area contributed by atoms with Crippen molar-refractivity contribution in [3.63, 3.8) is 0 Å². The number of benzene rings is 21. The summed E-state index contributed by atoms with van der Waals surface area (Å²) in [6, 6.07) is 196. The number of fused-ring (bicyclic) bond motifs is 9. The molecule has 27 rings (SSSR count). The molecule has 0 saturated heterocycles. The first-order valence-corrected chi connectivity index (χ1v) is 50.6. The Morgan fingerprint density at radius 3 is 0.513 bits per heavy atom. The van der Waals surface area contributed by atoms with Gasteiger partial charge in [0.15, 0.2) is 17.5 Å². The molecule has 0 fully saturated rings. The van der Waals surface area contributed by atoms with Crippen molar-refractivity contribution >= 4 is 65.0 Å². The topological polar surface area (TPSA) is 116 Å². The van der Waals surface area contributed by atoms with E-state index in [2.05, 4.69) is 479 Å². The molecule has 0 saturated carbocycles. The van der Waals surface area contributed by atoms with E-state index in [-0.39, 0.29) is 0 Å². The molecule has 6 heterocycles. The Bertz CT molecular complexity index is 9410. The average Bonchev–Trinajstić information content (AvgIpc) is 0.739. The molecule has 0 amide bonds. The zero-order valence-electron chi connectivity index (χ0n) is 81.7. The van der Waals surface area contributed by atoms with Crippen LogP contribution in [-0.2, 0) is 0 Å². The van der Waals surface area contributed by atoms with Crippen molar-refractivity contribution in [2.45, 2.75) is 0 Å². The van der Waals surface area contributed by atoms with Gasteiger partial charge in [-0.15, -0.1) is 0 Å². The van der Waals surface area contributed by atoms with Gasteiger partial charge in [0.2, 0.25) is 0 Å². The van der Waals surface area contributed by atoms with Gasteiger partial charge in [-0.1, -0.05) is 546 Å². The Balaban J connectivity index is 0.000000117. The highest BCUT2D eigenvalue weighted by molar-refractivity contribution is 6.22. The SMILES string of the molecule is c1ccc(-c2cc(-c3cccc4c3nc(-c3ccccc3)c3cccc(-c5ccccc5)c34)nc(-c3ccccc3)n2)cc1.c1ccc(-c2ccc(-c3cc(-c4cccc5c4nc(-c4ccccc4)c4cccc(-c6ccccc6)c45)nc(-c4ccc(-c5ccccc5)cc4)n3)cc2)cc1.c1ccc(-c2ccc(-c3nc(-c4ccccc4)cc(-c4cccc5c4nc(-c4ccccc4)c4cccc(-c6ccccc6)c45)n3)cc2)cc1. The fourth-order valence-corrected chi connectivity index (χ4v) is 20.6. The number of para-hydroxylation sites is 3. The van der Waals surface area contributed by atoms with Gasteiger partial charge in [-0.05, 0) is 85.0 Å². The first-order chi connectivity index (χ1) is 74.4. The second-order valence-corrected chi connectivity index (χ2v) is 37.2. The molecule has 21 aromatic carbocycles. The van der Waals surface area contributed by atoms with Crippen LogP contribution in [0.4, 0.5) is 0 Å². The van der Waals surface area contributed by atoms with E-state index < -0.39 is 0 Å². The summed E-state index contributed by atoms with van der Waals surface area (Å²) in [7, 11) is 0. The third-order valence-electron chi connectivity index (χ3n) is 27.9. The summed E-state index contributed by atoms with van der Waals surface area (Å²) >= 11 is 0. The molecule has 0 atom stereocenters. The van der Waals surface area contributed by atoms with Crippen LogP contribution in [0.15, 0.2) is 564 Å². The van der Waals surface area contributed by atoms with Crippen LogP contribution in [0.3, 0.4) is 0 Å². The van der Waals surface area contributed by atoms with Crippen molar-refractivity contribution in [2.24, 2.45) is 0 Å². The average molecular weight is 1910 g/mol. The van der Waals surface area contributed by atoms with Gasteiger partial charge < -0.3 is 0 Å². The number of hydrogen-bond donors (Lipinski definition) is 0. The second-order valence-electron chi connectivity index (χ2n) is 37.2. The summed E-state index contributed by atoms with van der Waals surface area (Å²) in [5.41, 5.74) is 36.8. The Morgan fingerprint density at radius 1 is 0.100 bits per heavy atom. The molecule has 0 aliphatic heterocycles. The van der Waals surface area contributed by atoms with Gasteiger partial charge >= 0.3 is 0 Å². The highest BCUT2D eigenvalue weighted by Gasteiger charge is 2.26. The minimum atomic E-state index is 0.662. The summed E-state index contributed by atoms with van der Waals surface area (Å²) in [5, 5.41) is 10.2. The monoisotopic (exact) mass is 1910 g/mol. The third kappa shape index (κ3) is 18.5. The van der Waals surface area contributed by atoms with Crippen molar-refractivity contribution in [2.75, 3.05) is 0 Å².